The van der Waals surface area contributed by atoms with Crippen LogP contribution in [0.5, 0.6) is 0 Å². The quantitative estimate of drug-likeness (QED) is 0.874. The number of benzene rings is 1. The lowest BCUT2D eigenvalue weighted by Crippen LogP contribution is -2.26. The number of hydrogen-bond acceptors (Lipinski definition) is 2. The van der Waals surface area contributed by atoms with E-state index in [1.165, 1.54) is 0 Å². The molecular weight excluding hydrogens is 362 g/mol. The lowest BCUT2D eigenvalue weighted by molar-refractivity contribution is 0.0950. The van der Waals surface area contributed by atoms with Gasteiger partial charge in [-0.05, 0) is 37.0 Å². The summed E-state index contributed by atoms with van der Waals surface area (Å²) in [6.45, 7) is 2.40. The van der Waals surface area contributed by atoms with Crippen LogP contribution in [0.2, 0.25) is 0 Å². The van der Waals surface area contributed by atoms with E-state index in [2.05, 4.69) is 37.2 Å². The maximum Gasteiger partial charge on any atom is 0.251 e. The van der Waals surface area contributed by atoms with Crippen LogP contribution in [0.15, 0.2) is 27.1 Å². The molecule has 2 rings (SSSR count). The minimum atomic E-state index is -0.0316. The standard InChI is InChI=1S/C13H15Br2NO2/c14-11-5-10(6-12(15)7-11)13(17)16-3-1-9-2-4-18-8-9/h5-7,9H,1-4,8H2,(H,16,17). The Morgan fingerprint density at radius 2 is 2.06 bits per heavy atom. The molecule has 1 aromatic rings. The van der Waals surface area contributed by atoms with Gasteiger partial charge in [0.1, 0.15) is 0 Å². The van der Waals surface area contributed by atoms with Crippen molar-refractivity contribution in [2.45, 2.75) is 12.8 Å². The van der Waals surface area contributed by atoms with Gasteiger partial charge in [0.05, 0.1) is 0 Å². The van der Waals surface area contributed by atoms with Crippen LogP contribution in [0, 0.1) is 5.92 Å². The molecule has 1 aromatic carbocycles. The first kappa shape index (κ1) is 14.0. The highest BCUT2D eigenvalue weighted by Gasteiger charge is 2.15. The lowest BCUT2D eigenvalue weighted by Gasteiger charge is -2.09. The van der Waals surface area contributed by atoms with Crippen LogP contribution in [0.25, 0.3) is 0 Å². The number of ether oxygens (including phenoxy) is 1. The van der Waals surface area contributed by atoms with Crippen LogP contribution in [-0.4, -0.2) is 25.7 Å². The van der Waals surface area contributed by atoms with E-state index in [0.29, 0.717) is 18.0 Å². The maximum absolute atomic E-state index is 11.9. The lowest BCUT2D eigenvalue weighted by atomic mass is 10.1. The van der Waals surface area contributed by atoms with Gasteiger partial charge in [-0.15, -0.1) is 0 Å². The van der Waals surface area contributed by atoms with E-state index in [9.17, 15) is 4.79 Å². The summed E-state index contributed by atoms with van der Waals surface area (Å²) in [7, 11) is 0. The second-order valence-corrected chi connectivity index (χ2v) is 6.26. The van der Waals surface area contributed by atoms with Crippen LogP contribution in [0.3, 0.4) is 0 Å². The Labute approximate surface area is 124 Å². The van der Waals surface area contributed by atoms with E-state index in [1.807, 2.05) is 18.2 Å². The molecule has 1 aliphatic heterocycles. The van der Waals surface area contributed by atoms with Gasteiger partial charge in [-0.2, -0.15) is 0 Å². The molecule has 18 heavy (non-hydrogen) atoms. The first-order valence-electron chi connectivity index (χ1n) is 5.97. The summed E-state index contributed by atoms with van der Waals surface area (Å²) in [5, 5.41) is 2.94. The Balaban J connectivity index is 1.83. The molecule has 3 nitrogen and oxygen atoms in total. The number of hydrogen-bond donors (Lipinski definition) is 1. The second kappa shape index (κ2) is 6.68. The molecule has 1 saturated heterocycles. The van der Waals surface area contributed by atoms with Crippen molar-refractivity contribution in [3.05, 3.63) is 32.7 Å². The summed E-state index contributed by atoms with van der Waals surface area (Å²) in [4.78, 5) is 11.9. The minimum absolute atomic E-state index is 0.0316. The molecule has 0 aromatic heterocycles. The van der Waals surface area contributed by atoms with Crippen LogP contribution in [0.4, 0.5) is 0 Å². The average molecular weight is 377 g/mol. The third-order valence-corrected chi connectivity index (χ3v) is 3.90. The average Bonchev–Trinajstić information content (AvgIpc) is 2.80. The molecule has 5 heteroatoms. The van der Waals surface area contributed by atoms with Crippen molar-refractivity contribution in [3.63, 3.8) is 0 Å². The van der Waals surface area contributed by atoms with Gasteiger partial charge in [-0.1, -0.05) is 31.9 Å². The van der Waals surface area contributed by atoms with E-state index in [-0.39, 0.29) is 5.91 Å². The second-order valence-electron chi connectivity index (χ2n) is 4.43. The molecule has 0 radical (unpaired) electrons. The number of carbonyl (C=O) groups is 1. The van der Waals surface area contributed by atoms with E-state index in [4.69, 9.17) is 4.74 Å². The fourth-order valence-corrected chi connectivity index (χ4v) is 3.28. The highest BCUT2D eigenvalue weighted by molar-refractivity contribution is 9.11. The Morgan fingerprint density at radius 1 is 1.33 bits per heavy atom. The number of halogens is 2. The monoisotopic (exact) mass is 375 g/mol. The summed E-state index contributed by atoms with van der Waals surface area (Å²) in [6.07, 6.45) is 2.10. The van der Waals surface area contributed by atoms with Gasteiger partial charge < -0.3 is 10.1 Å². The number of nitrogens with one attached hydrogen (secondary N) is 1. The molecule has 0 saturated carbocycles. The molecule has 1 unspecified atom stereocenters. The SMILES string of the molecule is O=C(NCCC1CCOC1)c1cc(Br)cc(Br)c1. The van der Waals surface area contributed by atoms with Gasteiger partial charge in [0, 0.05) is 34.3 Å². The van der Waals surface area contributed by atoms with Crippen LogP contribution >= 0.6 is 31.9 Å². The van der Waals surface area contributed by atoms with Crippen molar-refractivity contribution in [3.8, 4) is 0 Å². The fourth-order valence-electron chi connectivity index (χ4n) is 1.99. The van der Waals surface area contributed by atoms with Crippen molar-refractivity contribution in [2.75, 3.05) is 19.8 Å². The Hall–Kier alpha value is -0.390. The molecule has 1 amide bonds. The first-order chi connectivity index (χ1) is 8.65. The third kappa shape index (κ3) is 4.07. The van der Waals surface area contributed by atoms with Crippen LogP contribution in [-0.2, 0) is 4.74 Å². The largest absolute Gasteiger partial charge is 0.381 e. The maximum atomic E-state index is 11.9. The van der Waals surface area contributed by atoms with Crippen LogP contribution in [0.1, 0.15) is 23.2 Å². The predicted molar refractivity (Wildman–Crippen MR) is 77.7 cm³/mol. The molecule has 1 aliphatic rings. The van der Waals surface area contributed by atoms with E-state index in [1.54, 1.807) is 0 Å². The summed E-state index contributed by atoms with van der Waals surface area (Å²) in [5.41, 5.74) is 0.666. The summed E-state index contributed by atoms with van der Waals surface area (Å²) >= 11 is 6.75. The predicted octanol–water partition coefficient (Wildman–Crippen LogP) is 3.37. The molecule has 98 valence electrons. The Morgan fingerprint density at radius 3 is 2.67 bits per heavy atom. The molecule has 1 atom stereocenters. The third-order valence-electron chi connectivity index (χ3n) is 2.99. The van der Waals surface area contributed by atoms with Gasteiger partial charge in [-0.25, -0.2) is 0 Å². The van der Waals surface area contributed by atoms with Crippen molar-refractivity contribution >= 4 is 37.8 Å². The Kier molecular flexibility index (Phi) is 5.21. The topological polar surface area (TPSA) is 38.3 Å². The molecular formula is C13H15Br2NO2. The molecule has 1 heterocycles. The van der Waals surface area contributed by atoms with Gasteiger partial charge in [0.2, 0.25) is 0 Å². The van der Waals surface area contributed by atoms with Gasteiger partial charge in [-0.3, -0.25) is 4.79 Å². The van der Waals surface area contributed by atoms with E-state index in [0.717, 1.165) is 35.0 Å². The van der Waals surface area contributed by atoms with Gasteiger partial charge in [0.15, 0.2) is 0 Å². The number of rotatable bonds is 4. The zero-order chi connectivity index (χ0) is 13.0. The number of carbonyl (C=O) groups excluding carboxylic acids is 1. The van der Waals surface area contributed by atoms with Crippen LogP contribution < -0.4 is 5.32 Å². The fraction of sp³-hybridized carbons (Fsp3) is 0.462. The highest BCUT2D eigenvalue weighted by atomic mass is 79.9. The van der Waals surface area contributed by atoms with Crippen molar-refractivity contribution in [2.24, 2.45) is 5.92 Å². The van der Waals surface area contributed by atoms with Gasteiger partial charge in [0.25, 0.3) is 5.91 Å². The summed E-state index contributed by atoms with van der Waals surface area (Å²) in [5.74, 6) is 0.565. The molecule has 1 N–H and O–H groups in total. The Bertz CT molecular complexity index is 411. The summed E-state index contributed by atoms with van der Waals surface area (Å²) < 4.78 is 7.09. The molecule has 0 bridgehead atoms. The smallest absolute Gasteiger partial charge is 0.251 e. The zero-order valence-corrected chi connectivity index (χ0v) is 13.1. The van der Waals surface area contributed by atoms with Crippen molar-refractivity contribution < 1.29 is 9.53 Å². The normalized spacial score (nSPS) is 18.9. The molecule has 1 fully saturated rings. The zero-order valence-electron chi connectivity index (χ0n) is 9.92. The molecule has 0 aliphatic carbocycles. The summed E-state index contributed by atoms with van der Waals surface area (Å²) in [6, 6.07) is 5.55. The minimum Gasteiger partial charge on any atom is -0.381 e. The van der Waals surface area contributed by atoms with E-state index >= 15 is 0 Å². The highest BCUT2D eigenvalue weighted by Crippen LogP contribution is 2.20. The first-order valence-corrected chi connectivity index (χ1v) is 7.56. The molecule has 0 spiro atoms. The van der Waals surface area contributed by atoms with Crippen molar-refractivity contribution in [1.29, 1.82) is 0 Å². The van der Waals surface area contributed by atoms with E-state index < -0.39 is 0 Å². The number of amides is 1. The van der Waals surface area contributed by atoms with Gasteiger partial charge >= 0.3 is 0 Å². The van der Waals surface area contributed by atoms with Crippen molar-refractivity contribution in [1.82, 2.24) is 5.32 Å².